The van der Waals surface area contributed by atoms with Crippen molar-refractivity contribution in [2.24, 2.45) is 0 Å². The van der Waals surface area contributed by atoms with Crippen LogP contribution in [0.2, 0.25) is 0 Å². The fraction of sp³-hybridized carbons (Fsp3) is 0.188. The lowest BCUT2D eigenvalue weighted by molar-refractivity contribution is -0.384. The van der Waals surface area contributed by atoms with Crippen LogP contribution in [-0.2, 0) is 0 Å². The molecule has 2 rings (SSSR count). The second-order valence-corrected chi connectivity index (χ2v) is 6.14. The highest BCUT2D eigenvalue weighted by Gasteiger charge is 2.18. The maximum Gasteiger partial charge on any atom is 0.270 e. The summed E-state index contributed by atoms with van der Waals surface area (Å²) in [5.41, 5.74) is 2.40. The van der Waals surface area contributed by atoms with Gasteiger partial charge in [-0.05, 0) is 46.6 Å². The van der Waals surface area contributed by atoms with Gasteiger partial charge in [0.25, 0.3) is 11.6 Å². The van der Waals surface area contributed by atoms with E-state index in [1.54, 1.807) is 31.1 Å². The molecule has 0 aliphatic heterocycles. The summed E-state index contributed by atoms with van der Waals surface area (Å²) in [7, 11) is 3.56. The van der Waals surface area contributed by atoms with Gasteiger partial charge in [-0.25, -0.2) is 0 Å². The quantitative estimate of drug-likeness (QED) is 0.645. The SMILES string of the molecule is Cc1ccc(NC(=O)c2cc([N+](=O)[O-])ccc2N(C)C)c(Br)c1. The number of amides is 1. The Morgan fingerprint density at radius 3 is 2.48 bits per heavy atom. The second-order valence-electron chi connectivity index (χ2n) is 5.29. The van der Waals surface area contributed by atoms with Gasteiger partial charge < -0.3 is 10.2 Å². The number of nitro benzene ring substituents is 1. The van der Waals surface area contributed by atoms with Gasteiger partial charge in [0, 0.05) is 36.4 Å². The number of nitrogens with one attached hydrogen (secondary N) is 1. The van der Waals surface area contributed by atoms with Gasteiger partial charge in [-0.15, -0.1) is 0 Å². The van der Waals surface area contributed by atoms with E-state index in [9.17, 15) is 14.9 Å². The number of anilines is 2. The predicted octanol–water partition coefficient (Wildman–Crippen LogP) is 3.98. The molecule has 1 N–H and O–H groups in total. The summed E-state index contributed by atoms with van der Waals surface area (Å²) in [6.07, 6.45) is 0. The van der Waals surface area contributed by atoms with E-state index in [0.29, 0.717) is 11.4 Å². The number of aryl methyl sites for hydroxylation is 1. The van der Waals surface area contributed by atoms with Crippen molar-refractivity contribution in [1.29, 1.82) is 0 Å². The number of non-ortho nitro benzene ring substituents is 1. The van der Waals surface area contributed by atoms with E-state index in [4.69, 9.17) is 0 Å². The minimum Gasteiger partial charge on any atom is -0.377 e. The highest BCUT2D eigenvalue weighted by atomic mass is 79.9. The van der Waals surface area contributed by atoms with Crippen molar-refractivity contribution in [3.8, 4) is 0 Å². The summed E-state index contributed by atoms with van der Waals surface area (Å²) in [5.74, 6) is -0.401. The molecule has 6 nitrogen and oxygen atoms in total. The molecule has 0 saturated carbocycles. The van der Waals surface area contributed by atoms with Gasteiger partial charge in [0.15, 0.2) is 0 Å². The van der Waals surface area contributed by atoms with Crippen LogP contribution in [0.1, 0.15) is 15.9 Å². The van der Waals surface area contributed by atoms with Gasteiger partial charge in [-0.1, -0.05) is 6.07 Å². The molecule has 0 aliphatic carbocycles. The van der Waals surface area contributed by atoms with Crippen molar-refractivity contribution in [2.75, 3.05) is 24.3 Å². The molecule has 0 aromatic heterocycles. The average molecular weight is 378 g/mol. The summed E-state index contributed by atoms with van der Waals surface area (Å²) in [6.45, 7) is 1.95. The van der Waals surface area contributed by atoms with Gasteiger partial charge in [-0.3, -0.25) is 14.9 Å². The molecular weight excluding hydrogens is 362 g/mol. The molecule has 0 spiro atoms. The maximum absolute atomic E-state index is 12.6. The fourth-order valence-electron chi connectivity index (χ4n) is 2.12. The first kappa shape index (κ1) is 17.0. The fourth-order valence-corrected chi connectivity index (χ4v) is 2.71. The van der Waals surface area contributed by atoms with E-state index in [1.807, 2.05) is 19.1 Å². The topological polar surface area (TPSA) is 75.5 Å². The average Bonchev–Trinajstić information content (AvgIpc) is 2.49. The molecule has 0 heterocycles. The van der Waals surface area contributed by atoms with Gasteiger partial charge in [0.2, 0.25) is 0 Å². The van der Waals surface area contributed by atoms with Crippen LogP contribution in [0.4, 0.5) is 17.1 Å². The standard InChI is InChI=1S/C16H16BrN3O3/c1-10-4-6-14(13(17)8-10)18-16(21)12-9-11(20(22)23)5-7-15(12)19(2)3/h4-9H,1-3H3,(H,18,21). The summed E-state index contributed by atoms with van der Waals surface area (Å²) in [5, 5.41) is 13.7. The Bertz CT molecular complexity index is 775. The minimum atomic E-state index is -0.516. The van der Waals surface area contributed by atoms with Crippen molar-refractivity contribution in [1.82, 2.24) is 0 Å². The van der Waals surface area contributed by atoms with Crippen molar-refractivity contribution in [2.45, 2.75) is 6.92 Å². The number of nitro groups is 1. The lowest BCUT2D eigenvalue weighted by Gasteiger charge is -2.17. The van der Waals surface area contributed by atoms with Crippen molar-refractivity contribution in [3.63, 3.8) is 0 Å². The molecule has 0 radical (unpaired) electrons. The smallest absolute Gasteiger partial charge is 0.270 e. The lowest BCUT2D eigenvalue weighted by atomic mass is 10.1. The zero-order valence-electron chi connectivity index (χ0n) is 13.0. The Morgan fingerprint density at radius 2 is 1.91 bits per heavy atom. The van der Waals surface area contributed by atoms with Crippen LogP contribution in [0.3, 0.4) is 0 Å². The Morgan fingerprint density at radius 1 is 1.22 bits per heavy atom. The largest absolute Gasteiger partial charge is 0.377 e. The maximum atomic E-state index is 12.6. The molecular formula is C16H16BrN3O3. The third kappa shape index (κ3) is 3.87. The normalized spacial score (nSPS) is 10.3. The van der Waals surface area contributed by atoms with Crippen molar-refractivity contribution in [3.05, 3.63) is 62.1 Å². The van der Waals surface area contributed by atoms with Crippen LogP contribution in [0.25, 0.3) is 0 Å². The van der Waals surface area contributed by atoms with Crippen molar-refractivity contribution >= 4 is 38.9 Å². The molecule has 2 aromatic rings. The van der Waals surface area contributed by atoms with Crippen LogP contribution in [0.5, 0.6) is 0 Å². The van der Waals surface area contributed by atoms with Gasteiger partial charge in [0.05, 0.1) is 16.2 Å². The lowest BCUT2D eigenvalue weighted by Crippen LogP contribution is -2.19. The van der Waals surface area contributed by atoms with E-state index in [2.05, 4.69) is 21.2 Å². The molecule has 0 saturated heterocycles. The number of hydrogen-bond donors (Lipinski definition) is 1. The van der Waals surface area contributed by atoms with E-state index in [0.717, 1.165) is 10.0 Å². The zero-order chi connectivity index (χ0) is 17.1. The molecule has 23 heavy (non-hydrogen) atoms. The minimum absolute atomic E-state index is 0.122. The predicted molar refractivity (Wildman–Crippen MR) is 94.3 cm³/mol. The number of hydrogen-bond acceptors (Lipinski definition) is 4. The van der Waals surface area contributed by atoms with Gasteiger partial charge in [-0.2, -0.15) is 0 Å². The molecule has 0 fully saturated rings. The van der Waals surface area contributed by atoms with E-state index in [-0.39, 0.29) is 11.3 Å². The number of rotatable bonds is 4. The molecule has 7 heteroatoms. The van der Waals surface area contributed by atoms with E-state index < -0.39 is 10.8 Å². The molecule has 0 bridgehead atoms. The number of carbonyl (C=O) groups is 1. The highest BCUT2D eigenvalue weighted by molar-refractivity contribution is 9.10. The van der Waals surface area contributed by atoms with E-state index >= 15 is 0 Å². The Kier molecular flexibility index (Phi) is 5.00. The molecule has 1 amide bonds. The monoisotopic (exact) mass is 377 g/mol. The first-order chi connectivity index (χ1) is 10.8. The van der Waals surface area contributed by atoms with Crippen LogP contribution >= 0.6 is 15.9 Å². The first-order valence-electron chi connectivity index (χ1n) is 6.83. The third-order valence-corrected chi connectivity index (χ3v) is 3.95. The third-order valence-electron chi connectivity index (χ3n) is 3.29. The number of nitrogens with zero attached hydrogens (tertiary/aromatic N) is 2. The highest BCUT2D eigenvalue weighted by Crippen LogP contribution is 2.28. The number of carbonyl (C=O) groups excluding carboxylic acids is 1. The Hall–Kier alpha value is -2.41. The molecule has 2 aromatic carbocycles. The first-order valence-corrected chi connectivity index (χ1v) is 7.62. The summed E-state index contributed by atoms with van der Waals surface area (Å²) < 4.78 is 0.752. The number of benzene rings is 2. The van der Waals surface area contributed by atoms with Crippen LogP contribution in [0.15, 0.2) is 40.9 Å². The van der Waals surface area contributed by atoms with Crippen LogP contribution in [0, 0.1) is 17.0 Å². The van der Waals surface area contributed by atoms with Crippen LogP contribution < -0.4 is 10.2 Å². The van der Waals surface area contributed by atoms with E-state index in [1.165, 1.54) is 12.1 Å². The number of halogens is 1. The van der Waals surface area contributed by atoms with Gasteiger partial charge >= 0.3 is 0 Å². The summed E-state index contributed by atoms with van der Waals surface area (Å²) in [4.78, 5) is 24.8. The Labute approximate surface area is 142 Å². The van der Waals surface area contributed by atoms with Crippen LogP contribution in [-0.4, -0.2) is 24.9 Å². The van der Waals surface area contributed by atoms with Gasteiger partial charge in [0.1, 0.15) is 0 Å². The summed E-state index contributed by atoms with van der Waals surface area (Å²) >= 11 is 3.40. The Balaban J connectivity index is 2.40. The zero-order valence-corrected chi connectivity index (χ0v) is 14.5. The molecule has 0 atom stereocenters. The second kappa shape index (κ2) is 6.78. The molecule has 0 aliphatic rings. The summed E-state index contributed by atoms with van der Waals surface area (Å²) in [6, 6.07) is 9.78. The molecule has 0 unspecified atom stereocenters. The molecule has 120 valence electrons. The van der Waals surface area contributed by atoms with Crippen molar-refractivity contribution < 1.29 is 9.72 Å².